The molecule has 1 aliphatic rings. The van der Waals surface area contributed by atoms with Crippen LogP contribution < -0.4 is 5.73 Å². The molecule has 5 heteroatoms. The van der Waals surface area contributed by atoms with Gasteiger partial charge in [0, 0.05) is 12.2 Å². The van der Waals surface area contributed by atoms with Crippen LogP contribution in [-0.2, 0) is 19.4 Å². The maximum Gasteiger partial charge on any atom is 0.138 e. The van der Waals surface area contributed by atoms with E-state index >= 15 is 0 Å². The second-order valence-electron chi connectivity index (χ2n) is 4.52. The van der Waals surface area contributed by atoms with Gasteiger partial charge < -0.3 is 5.73 Å². The lowest BCUT2D eigenvalue weighted by Crippen LogP contribution is -2.09. The largest absolute Gasteiger partial charge is 0.325 e. The normalized spacial score (nSPS) is 14.6. The number of imidazole rings is 1. The number of pyridine rings is 1. The fourth-order valence-corrected chi connectivity index (χ4v) is 2.60. The highest BCUT2D eigenvalue weighted by molar-refractivity contribution is 6.31. The van der Waals surface area contributed by atoms with Crippen molar-refractivity contribution in [3.8, 4) is 5.82 Å². The highest BCUT2D eigenvalue weighted by Gasteiger charge is 2.17. The Morgan fingerprint density at radius 1 is 1.28 bits per heavy atom. The predicted molar refractivity (Wildman–Crippen MR) is 70.9 cm³/mol. The van der Waals surface area contributed by atoms with Gasteiger partial charge in [-0.15, -0.1) is 0 Å². The third-order valence-corrected chi connectivity index (χ3v) is 3.72. The summed E-state index contributed by atoms with van der Waals surface area (Å²) in [6.07, 6.45) is 6.44. The molecule has 2 heterocycles. The number of aryl methyl sites for hydroxylation is 1. The fraction of sp³-hybridized carbons (Fsp3) is 0.385. The van der Waals surface area contributed by atoms with Crippen LogP contribution in [0.4, 0.5) is 0 Å². The van der Waals surface area contributed by atoms with Crippen LogP contribution in [0.25, 0.3) is 5.82 Å². The highest BCUT2D eigenvalue weighted by Crippen LogP contribution is 2.23. The smallest absolute Gasteiger partial charge is 0.138 e. The Bertz CT molecular complexity index is 576. The van der Waals surface area contributed by atoms with Gasteiger partial charge in [-0.2, -0.15) is 0 Å². The zero-order chi connectivity index (χ0) is 12.5. The molecule has 2 aromatic heterocycles. The lowest BCUT2D eigenvalue weighted by Gasteiger charge is -2.14. The Morgan fingerprint density at radius 2 is 2.11 bits per heavy atom. The van der Waals surface area contributed by atoms with Gasteiger partial charge in [0.05, 0.1) is 16.4 Å². The Kier molecular flexibility index (Phi) is 3.06. The van der Waals surface area contributed by atoms with Crippen molar-refractivity contribution in [1.29, 1.82) is 0 Å². The zero-order valence-corrected chi connectivity index (χ0v) is 10.8. The quantitative estimate of drug-likeness (QED) is 0.903. The summed E-state index contributed by atoms with van der Waals surface area (Å²) in [4.78, 5) is 8.98. The molecule has 3 rings (SSSR count). The van der Waals surface area contributed by atoms with Crippen molar-refractivity contribution in [2.24, 2.45) is 5.73 Å². The molecule has 0 aliphatic heterocycles. The SMILES string of the molecule is NCc1nc(-n2cnc3c2CCCC3)ccc1Cl. The molecule has 0 amide bonds. The van der Waals surface area contributed by atoms with Crippen molar-refractivity contribution < 1.29 is 0 Å². The number of nitrogens with two attached hydrogens (primary N) is 1. The minimum Gasteiger partial charge on any atom is -0.325 e. The monoisotopic (exact) mass is 262 g/mol. The Labute approximate surface area is 111 Å². The van der Waals surface area contributed by atoms with E-state index in [2.05, 4.69) is 14.5 Å². The summed E-state index contributed by atoms with van der Waals surface area (Å²) in [5.74, 6) is 0.857. The van der Waals surface area contributed by atoms with Crippen LogP contribution in [0.1, 0.15) is 29.9 Å². The van der Waals surface area contributed by atoms with Gasteiger partial charge in [0.15, 0.2) is 0 Å². The second-order valence-corrected chi connectivity index (χ2v) is 4.92. The Morgan fingerprint density at radius 3 is 2.94 bits per heavy atom. The van der Waals surface area contributed by atoms with E-state index in [4.69, 9.17) is 17.3 Å². The molecule has 94 valence electrons. The van der Waals surface area contributed by atoms with E-state index in [0.717, 1.165) is 24.4 Å². The molecule has 0 saturated carbocycles. The van der Waals surface area contributed by atoms with Gasteiger partial charge in [0.1, 0.15) is 12.1 Å². The van der Waals surface area contributed by atoms with Crippen molar-refractivity contribution in [2.45, 2.75) is 32.2 Å². The summed E-state index contributed by atoms with van der Waals surface area (Å²) < 4.78 is 2.06. The molecule has 0 atom stereocenters. The summed E-state index contributed by atoms with van der Waals surface area (Å²) >= 11 is 6.03. The van der Waals surface area contributed by atoms with Crippen LogP contribution in [0.2, 0.25) is 5.02 Å². The van der Waals surface area contributed by atoms with Crippen LogP contribution >= 0.6 is 11.6 Å². The first-order valence-corrected chi connectivity index (χ1v) is 6.58. The first kappa shape index (κ1) is 11.7. The van der Waals surface area contributed by atoms with E-state index in [1.54, 1.807) is 0 Å². The Hall–Kier alpha value is -1.39. The fourth-order valence-electron chi connectivity index (χ4n) is 2.42. The minimum absolute atomic E-state index is 0.351. The van der Waals surface area contributed by atoms with E-state index in [-0.39, 0.29) is 0 Å². The molecule has 2 N–H and O–H groups in total. The average Bonchev–Trinajstić information content (AvgIpc) is 2.83. The van der Waals surface area contributed by atoms with Gasteiger partial charge in [-0.25, -0.2) is 9.97 Å². The van der Waals surface area contributed by atoms with Crippen molar-refractivity contribution in [1.82, 2.24) is 14.5 Å². The number of fused-ring (bicyclic) bond motifs is 1. The number of halogens is 1. The number of nitrogens with zero attached hydrogens (tertiary/aromatic N) is 3. The molecule has 0 saturated heterocycles. The standard InChI is InChI=1S/C13H15ClN4/c14-9-5-6-13(17-11(9)7-15)18-8-16-10-3-1-2-4-12(10)18/h5-6,8H,1-4,7,15H2. The van der Waals surface area contributed by atoms with Gasteiger partial charge in [-0.05, 0) is 37.8 Å². The zero-order valence-electron chi connectivity index (χ0n) is 10.1. The van der Waals surface area contributed by atoms with Gasteiger partial charge in [-0.3, -0.25) is 4.57 Å². The Balaban J connectivity index is 2.07. The molecule has 0 unspecified atom stereocenters. The molecule has 0 fully saturated rings. The molecule has 18 heavy (non-hydrogen) atoms. The number of hydrogen-bond donors (Lipinski definition) is 1. The first-order valence-electron chi connectivity index (χ1n) is 6.20. The summed E-state index contributed by atoms with van der Waals surface area (Å²) in [7, 11) is 0. The van der Waals surface area contributed by atoms with Crippen molar-refractivity contribution >= 4 is 11.6 Å². The van der Waals surface area contributed by atoms with E-state index in [1.165, 1.54) is 24.2 Å². The molecule has 2 aromatic rings. The van der Waals surface area contributed by atoms with Crippen LogP contribution in [0.5, 0.6) is 0 Å². The van der Waals surface area contributed by atoms with Gasteiger partial charge in [0.25, 0.3) is 0 Å². The second kappa shape index (κ2) is 4.71. The third-order valence-electron chi connectivity index (χ3n) is 3.37. The van der Waals surface area contributed by atoms with E-state index in [0.29, 0.717) is 11.6 Å². The molecule has 0 aromatic carbocycles. The highest BCUT2D eigenvalue weighted by atomic mass is 35.5. The molecule has 4 nitrogen and oxygen atoms in total. The first-order chi connectivity index (χ1) is 8.79. The van der Waals surface area contributed by atoms with Crippen LogP contribution in [-0.4, -0.2) is 14.5 Å². The molecule has 0 spiro atoms. The maximum absolute atomic E-state index is 6.03. The molecule has 0 bridgehead atoms. The van der Waals surface area contributed by atoms with E-state index in [1.807, 2.05) is 18.5 Å². The van der Waals surface area contributed by atoms with Gasteiger partial charge in [0.2, 0.25) is 0 Å². The van der Waals surface area contributed by atoms with Gasteiger partial charge >= 0.3 is 0 Å². The lowest BCUT2D eigenvalue weighted by atomic mass is 10.0. The minimum atomic E-state index is 0.351. The topological polar surface area (TPSA) is 56.7 Å². The van der Waals surface area contributed by atoms with Crippen LogP contribution in [0, 0.1) is 0 Å². The number of hydrogen-bond acceptors (Lipinski definition) is 3. The average molecular weight is 263 g/mol. The maximum atomic E-state index is 6.03. The van der Waals surface area contributed by atoms with E-state index < -0.39 is 0 Å². The predicted octanol–water partition coefficient (Wildman–Crippen LogP) is 2.26. The van der Waals surface area contributed by atoms with Crippen LogP contribution in [0.15, 0.2) is 18.5 Å². The molecule has 0 radical (unpaired) electrons. The summed E-state index contributed by atoms with van der Waals surface area (Å²) in [5, 5.41) is 0.621. The number of aromatic nitrogens is 3. The molecule has 1 aliphatic carbocycles. The van der Waals surface area contributed by atoms with Crippen molar-refractivity contribution in [3.63, 3.8) is 0 Å². The van der Waals surface area contributed by atoms with Crippen molar-refractivity contribution in [2.75, 3.05) is 0 Å². The van der Waals surface area contributed by atoms with Crippen LogP contribution in [0.3, 0.4) is 0 Å². The summed E-state index contributed by atoms with van der Waals surface area (Å²) in [6, 6.07) is 3.76. The summed E-state index contributed by atoms with van der Waals surface area (Å²) in [6.45, 7) is 0.351. The van der Waals surface area contributed by atoms with Crippen molar-refractivity contribution in [3.05, 3.63) is 40.6 Å². The third kappa shape index (κ3) is 1.91. The van der Waals surface area contributed by atoms with Gasteiger partial charge in [-0.1, -0.05) is 11.6 Å². The molecular weight excluding hydrogens is 248 g/mol. The lowest BCUT2D eigenvalue weighted by molar-refractivity contribution is 0.653. The summed E-state index contributed by atoms with van der Waals surface area (Å²) in [5.41, 5.74) is 8.85. The molecular formula is C13H15ClN4. The number of rotatable bonds is 2. The van der Waals surface area contributed by atoms with E-state index in [9.17, 15) is 0 Å².